The Morgan fingerprint density at radius 1 is 1.25 bits per heavy atom. The van der Waals surface area contributed by atoms with E-state index in [1.54, 1.807) is 23.5 Å². The summed E-state index contributed by atoms with van der Waals surface area (Å²) in [5.41, 5.74) is 4.75. The molecule has 1 aliphatic rings. The Hall–Kier alpha value is -0.750. The molecule has 1 aromatic carbocycles. The third-order valence-electron chi connectivity index (χ3n) is 3.74. The van der Waals surface area contributed by atoms with E-state index in [9.17, 15) is 4.39 Å². The Balaban J connectivity index is 2.01. The molecule has 1 unspecified atom stereocenters. The van der Waals surface area contributed by atoms with Crippen molar-refractivity contribution >= 4 is 27.3 Å². The largest absolute Gasteiger partial charge is 0.271 e. The van der Waals surface area contributed by atoms with Crippen LogP contribution < -0.4 is 11.3 Å². The van der Waals surface area contributed by atoms with Gasteiger partial charge in [0.2, 0.25) is 0 Å². The Labute approximate surface area is 130 Å². The summed E-state index contributed by atoms with van der Waals surface area (Å²) in [4.78, 5) is 2.53. The van der Waals surface area contributed by atoms with Crippen LogP contribution >= 0.6 is 27.3 Å². The minimum Gasteiger partial charge on any atom is -0.271 e. The van der Waals surface area contributed by atoms with Crippen LogP contribution in [-0.2, 0) is 12.8 Å². The fraction of sp³-hybridized carbons (Fsp3) is 0.333. The van der Waals surface area contributed by atoms with Gasteiger partial charge in [-0.1, -0.05) is 15.9 Å². The molecule has 0 saturated carbocycles. The molecular formula is C15H16BrFN2S. The Bertz CT molecular complexity index is 603. The number of nitrogens with one attached hydrogen (secondary N) is 1. The highest BCUT2D eigenvalue weighted by Crippen LogP contribution is 2.36. The number of hydrazine groups is 1. The zero-order chi connectivity index (χ0) is 14.1. The first-order chi connectivity index (χ1) is 9.69. The predicted octanol–water partition coefficient (Wildman–Crippen LogP) is 4.08. The van der Waals surface area contributed by atoms with Gasteiger partial charge in [0.25, 0.3) is 0 Å². The highest BCUT2D eigenvalue weighted by Gasteiger charge is 2.22. The van der Waals surface area contributed by atoms with E-state index in [4.69, 9.17) is 5.84 Å². The van der Waals surface area contributed by atoms with Gasteiger partial charge in [0.05, 0.1) is 6.04 Å². The molecule has 2 aromatic rings. The lowest BCUT2D eigenvalue weighted by molar-refractivity contribution is 0.563. The fourth-order valence-corrected chi connectivity index (χ4v) is 4.43. The molecule has 0 bridgehead atoms. The van der Waals surface area contributed by atoms with Gasteiger partial charge in [-0.25, -0.2) is 9.82 Å². The number of fused-ring (bicyclic) bond motifs is 1. The van der Waals surface area contributed by atoms with Crippen LogP contribution in [0.2, 0.25) is 0 Å². The molecule has 0 aliphatic heterocycles. The quantitative estimate of drug-likeness (QED) is 0.643. The van der Waals surface area contributed by atoms with E-state index < -0.39 is 0 Å². The van der Waals surface area contributed by atoms with Crippen molar-refractivity contribution in [3.8, 4) is 0 Å². The van der Waals surface area contributed by atoms with Gasteiger partial charge in [-0.2, -0.15) is 0 Å². The van der Waals surface area contributed by atoms with Crippen LogP contribution in [0.4, 0.5) is 4.39 Å². The van der Waals surface area contributed by atoms with Crippen molar-refractivity contribution in [1.29, 1.82) is 0 Å². The molecule has 0 spiro atoms. The first-order valence-corrected chi connectivity index (χ1v) is 8.32. The van der Waals surface area contributed by atoms with E-state index >= 15 is 0 Å². The molecule has 3 rings (SSSR count). The molecule has 0 amide bonds. The average molecular weight is 355 g/mol. The molecule has 106 valence electrons. The molecule has 0 fully saturated rings. The second kappa shape index (κ2) is 5.93. The van der Waals surface area contributed by atoms with E-state index in [1.165, 1.54) is 29.3 Å². The van der Waals surface area contributed by atoms with Gasteiger partial charge in [0, 0.05) is 19.8 Å². The summed E-state index contributed by atoms with van der Waals surface area (Å²) in [6, 6.07) is 6.86. The predicted molar refractivity (Wildman–Crippen MR) is 84.2 cm³/mol. The molecule has 2 nitrogen and oxygen atoms in total. The monoisotopic (exact) mass is 354 g/mol. The number of aryl methyl sites for hydroxylation is 2. The summed E-state index contributed by atoms with van der Waals surface area (Å²) in [5.74, 6) is 5.45. The van der Waals surface area contributed by atoms with E-state index in [-0.39, 0.29) is 11.9 Å². The number of benzene rings is 1. The van der Waals surface area contributed by atoms with E-state index in [0.29, 0.717) is 5.56 Å². The minimum atomic E-state index is -0.289. The molecule has 1 heterocycles. The van der Waals surface area contributed by atoms with Crippen LogP contribution in [0.25, 0.3) is 0 Å². The Morgan fingerprint density at radius 2 is 2.05 bits per heavy atom. The Kier molecular flexibility index (Phi) is 4.21. The highest BCUT2D eigenvalue weighted by molar-refractivity contribution is 9.10. The zero-order valence-corrected chi connectivity index (χ0v) is 13.4. The van der Waals surface area contributed by atoms with Crippen LogP contribution in [0.5, 0.6) is 0 Å². The van der Waals surface area contributed by atoms with Crippen molar-refractivity contribution in [2.75, 3.05) is 0 Å². The number of hydrogen-bond acceptors (Lipinski definition) is 3. The second-order valence-electron chi connectivity index (χ2n) is 5.07. The summed E-state index contributed by atoms with van der Waals surface area (Å²) >= 11 is 5.14. The number of rotatable bonds is 3. The molecule has 1 aromatic heterocycles. The molecule has 1 atom stereocenters. The van der Waals surface area contributed by atoms with Crippen LogP contribution in [-0.4, -0.2) is 0 Å². The van der Waals surface area contributed by atoms with E-state index in [1.807, 2.05) is 0 Å². The van der Waals surface area contributed by atoms with Gasteiger partial charge < -0.3 is 0 Å². The third kappa shape index (κ3) is 2.68. The molecule has 1 aliphatic carbocycles. The zero-order valence-electron chi connectivity index (χ0n) is 11.0. The minimum absolute atomic E-state index is 0.234. The van der Waals surface area contributed by atoms with Gasteiger partial charge in [-0.3, -0.25) is 5.84 Å². The van der Waals surface area contributed by atoms with Gasteiger partial charge in [0.1, 0.15) is 5.82 Å². The SMILES string of the molecule is NNC(c1cc2c(s1)CCCC2)c1cc(Br)ccc1F. The van der Waals surface area contributed by atoms with Gasteiger partial charge >= 0.3 is 0 Å². The third-order valence-corrected chi connectivity index (χ3v) is 5.53. The summed E-state index contributed by atoms with van der Waals surface area (Å²) in [7, 11) is 0. The smallest absolute Gasteiger partial charge is 0.128 e. The molecule has 0 saturated heterocycles. The number of nitrogens with two attached hydrogens (primary N) is 1. The number of halogens is 2. The highest BCUT2D eigenvalue weighted by atomic mass is 79.9. The normalized spacial score (nSPS) is 15.9. The lowest BCUT2D eigenvalue weighted by Gasteiger charge is -2.16. The van der Waals surface area contributed by atoms with Crippen molar-refractivity contribution in [2.45, 2.75) is 31.7 Å². The fourth-order valence-electron chi connectivity index (χ4n) is 2.72. The number of hydrogen-bond donors (Lipinski definition) is 2. The Morgan fingerprint density at radius 3 is 2.80 bits per heavy atom. The van der Waals surface area contributed by atoms with E-state index in [0.717, 1.165) is 22.2 Å². The maximum atomic E-state index is 14.1. The van der Waals surface area contributed by atoms with Crippen molar-refractivity contribution in [1.82, 2.24) is 5.43 Å². The van der Waals surface area contributed by atoms with Crippen LogP contribution in [0.15, 0.2) is 28.7 Å². The summed E-state index contributed by atoms with van der Waals surface area (Å²) in [6.07, 6.45) is 4.76. The van der Waals surface area contributed by atoms with Crippen LogP contribution in [0.3, 0.4) is 0 Å². The topological polar surface area (TPSA) is 38.0 Å². The van der Waals surface area contributed by atoms with Gasteiger partial charge in [-0.05, 0) is 55.5 Å². The first-order valence-electron chi connectivity index (χ1n) is 6.71. The maximum Gasteiger partial charge on any atom is 0.128 e. The molecule has 3 N–H and O–H groups in total. The van der Waals surface area contributed by atoms with Crippen molar-refractivity contribution in [3.05, 3.63) is 55.4 Å². The lowest BCUT2D eigenvalue weighted by Crippen LogP contribution is -2.29. The van der Waals surface area contributed by atoms with Crippen molar-refractivity contribution in [3.63, 3.8) is 0 Å². The molecular weight excluding hydrogens is 339 g/mol. The first kappa shape index (κ1) is 14.2. The van der Waals surface area contributed by atoms with Crippen LogP contribution in [0, 0.1) is 5.82 Å². The second-order valence-corrected chi connectivity index (χ2v) is 7.15. The average Bonchev–Trinajstić information content (AvgIpc) is 2.87. The van der Waals surface area contributed by atoms with Crippen LogP contribution in [0.1, 0.15) is 39.8 Å². The molecule has 5 heteroatoms. The summed E-state index contributed by atoms with van der Waals surface area (Å²) < 4.78 is 14.9. The summed E-state index contributed by atoms with van der Waals surface area (Å²) in [6.45, 7) is 0. The maximum absolute atomic E-state index is 14.1. The standard InChI is InChI=1S/C15H16BrFN2S/c16-10-5-6-12(17)11(8-10)15(19-18)14-7-9-3-1-2-4-13(9)20-14/h5-8,15,19H,1-4,18H2. The lowest BCUT2D eigenvalue weighted by atomic mass is 9.98. The van der Waals surface area contributed by atoms with E-state index in [2.05, 4.69) is 27.4 Å². The molecule has 0 radical (unpaired) electrons. The van der Waals surface area contributed by atoms with Crippen molar-refractivity contribution in [2.24, 2.45) is 5.84 Å². The summed E-state index contributed by atoms with van der Waals surface area (Å²) in [5, 5.41) is 0. The number of thiophene rings is 1. The van der Waals surface area contributed by atoms with Gasteiger partial charge in [-0.15, -0.1) is 11.3 Å². The van der Waals surface area contributed by atoms with Crippen molar-refractivity contribution < 1.29 is 4.39 Å². The molecule has 20 heavy (non-hydrogen) atoms. The van der Waals surface area contributed by atoms with Gasteiger partial charge in [0.15, 0.2) is 0 Å².